The number of carbonyl (C=O) groups excluding carboxylic acids is 1. The number of nitrogens with zero attached hydrogens (tertiary/aromatic N) is 4. The molecule has 9 heteroatoms. The van der Waals surface area contributed by atoms with E-state index in [1.165, 1.54) is 42.3 Å². The molecule has 4 rings (SSSR count). The maximum absolute atomic E-state index is 12.2. The molecule has 2 aromatic rings. The number of nitrogens with one attached hydrogen (secondary N) is 2. The van der Waals surface area contributed by atoms with E-state index >= 15 is 0 Å². The lowest BCUT2D eigenvalue weighted by atomic mass is 9.86. The molecule has 0 aliphatic heterocycles. The molecule has 2 N–H and O–H groups in total. The van der Waals surface area contributed by atoms with Crippen LogP contribution in [0.4, 0.5) is 17.5 Å². The van der Waals surface area contributed by atoms with Gasteiger partial charge in [0.15, 0.2) is 0 Å². The third-order valence-electron chi connectivity index (χ3n) is 6.86. The Morgan fingerprint density at radius 1 is 1.11 bits per heavy atom. The van der Waals surface area contributed by atoms with Crippen molar-refractivity contribution < 1.29 is 9.72 Å². The third kappa shape index (κ3) is 6.55. The van der Waals surface area contributed by atoms with Gasteiger partial charge in [0.2, 0.25) is 11.9 Å². The average molecular weight is 479 g/mol. The van der Waals surface area contributed by atoms with Gasteiger partial charge in [-0.1, -0.05) is 0 Å². The molecular weight excluding hydrogens is 444 g/mol. The van der Waals surface area contributed by atoms with Crippen LogP contribution < -0.4 is 15.5 Å². The molecular formula is C26H34N6O3. The summed E-state index contributed by atoms with van der Waals surface area (Å²) in [7, 11) is 4.09. The molecule has 1 saturated carbocycles. The second-order valence-electron chi connectivity index (χ2n) is 9.69. The van der Waals surface area contributed by atoms with E-state index in [-0.39, 0.29) is 11.6 Å². The van der Waals surface area contributed by atoms with Crippen molar-refractivity contribution in [2.75, 3.05) is 30.9 Å². The first-order valence-electron chi connectivity index (χ1n) is 12.4. The van der Waals surface area contributed by atoms with Gasteiger partial charge in [-0.3, -0.25) is 14.9 Å². The molecule has 2 aliphatic rings. The summed E-state index contributed by atoms with van der Waals surface area (Å²) in [6.45, 7) is 0.649. The first-order chi connectivity index (χ1) is 16.9. The molecule has 1 heterocycles. The van der Waals surface area contributed by atoms with Crippen LogP contribution in [0.5, 0.6) is 0 Å². The van der Waals surface area contributed by atoms with Gasteiger partial charge in [0.1, 0.15) is 5.82 Å². The highest BCUT2D eigenvalue weighted by Crippen LogP contribution is 2.30. The van der Waals surface area contributed by atoms with Crippen LogP contribution in [0.2, 0.25) is 0 Å². The third-order valence-corrected chi connectivity index (χ3v) is 6.86. The second-order valence-corrected chi connectivity index (χ2v) is 9.69. The number of hydrogen-bond donors (Lipinski definition) is 2. The molecule has 1 aromatic carbocycles. The van der Waals surface area contributed by atoms with E-state index in [0.29, 0.717) is 18.5 Å². The maximum Gasteiger partial charge on any atom is 0.269 e. The van der Waals surface area contributed by atoms with Crippen molar-refractivity contribution >= 4 is 29.4 Å². The van der Waals surface area contributed by atoms with Crippen molar-refractivity contribution in [2.24, 2.45) is 5.92 Å². The van der Waals surface area contributed by atoms with Gasteiger partial charge in [0.25, 0.3) is 5.69 Å². The summed E-state index contributed by atoms with van der Waals surface area (Å²) >= 11 is 0. The van der Waals surface area contributed by atoms with Gasteiger partial charge in [-0.25, -0.2) is 4.98 Å². The highest BCUT2D eigenvalue weighted by molar-refractivity contribution is 5.91. The minimum Gasteiger partial charge on any atom is -0.362 e. The molecule has 1 fully saturated rings. The number of fused-ring (bicyclic) bond motifs is 1. The minimum atomic E-state index is -0.439. The standard InChI is InChI=1S/C26H34N6O3/c1-31(2)25-22-5-3-4-6-23(22)29-26(30-25)28-20-12-7-19(8-13-20)17-27-24(33)16-11-18-9-14-21(15-10-18)32(34)35/h9-11,14-16,19-20H,3-8,12-13,17H2,1-2H3,(H,27,33)(H,28,29,30). The van der Waals surface area contributed by atoms with Crippen molar-refractivity contribution in [3.8, 4) is 0 Å². The molecule has 9 nitrogen and oxygen atoms in total. The van der Waals surface area contributed by atoms with Crippen LogP contribution in [-0.2, 0) is 17.6 Å². The largest absolute Gasteiger partial charge is 0.362 e. The molecule has 1 aromatic heterocycles. The summed E-state index contributed by atoms with van der Waals surface area (Å²) in [5.74, 6) is 2.08. The van der Waals surface area contributed by atoms with Gasteiger partial charge >= 0.3 is 0 Å². The monoisotopic (exact) mass is 478 g/mol. The Hall–Kier alpha value is -3.49. The summed E-state index contributed by atoms with van der Waals surface area (Å²) < 4.78 is 0. The number of anilines is 2. The normalized spacial score (nSPS) is 19.7. The number of aryl methyl sites for hydroxylation is 1. The highest BCUT2D eigenvalue weighted by atomic mass is 16.6. The molecule has 0 spiro atoms. The number of amides is 1. The SMILES string of the molecule is CN(C)c1nc(NC2CCC(CNC(=O)C=Cc3ccc([N+](=O)[O-])cc3)CC2)nc2c1CCCC2. The van der Waals surface area contributed by atoms with E-state index in [2.05, 4.69) is 15.5 Å². The van der Waals surface area contributed by atoms with Crippen LogP contribution in [0.1, 0.15) is 55.3 Å². The fourth-order valence-electron chi connectivity index (χ4n) is 4.89. The summed E-state index contributed by atoms with van der Waals surface area (Å²) in [5, 5.41) is 17.3. The molecule has 2 aliphatic carbocycles. The highest BCUT2D eigenvalue weighted by Gasteiger charge is 2.24. The molecule has 0 unspecified atom stereocenters. The molecule has 1 amide bonds. The number of carbonyl (C=O) groups is 1. The zero-order valence-electron chi connectivity index (χ0n) is 20.5. The van der Waals surface area contributed by atoms with Crippen molar-refractivity contribution in [2.45, 2.75) is 57.4 Å². The van der Waals surface area contributed by atoms with Gasteiger partial charge in [0.05, 0.1) is 10.6 Å². The van der Waals surface area contributed by atoms with Crippen LogP contribution in [0, 0.1) is 16.0 Å². The van der Waals surface area contributed by atoms with Crippen molar-refractivity contribution in [1.82, 2.24) is 15.3 Å². The topological polar surface area (TPSA) is 113 Å². The van der Waals surface area contributed by atoms with Gasteiger partial charge in [0, 0.05) is 50.5 Å². The average Bonchev–Trinajstić information content (AvgIpc) is 2.86. The number of aromatic nitrogens is 2. The molecule has 0 radical (unpaired) electrons. The van der Waals surface area contributed by atoms with Crippen LogP contribution in [0.15, 0.2) is 30.3 Å². The fourth-order valence-corrected chi connectivity index (χ4v) is 4.89. The van der Waals surface area contributed by atoms with E-state index in [1.807, 2.05) is 14.1 Å². The summed E-state index contributed by atoms with van der Waals surface area (Å²) in [6, 6.07) is 6.47. The predicted octanol–water partition coefficient (Wildman–Crippen LogP) is 4.13. The number of nitro benzene ring substituents is 1. The number of non-ortho nitro benzene ring substituents is 1. The van der Waals surface area contributed by atoms with E-state index in [0.717, 1.165) is 55.9 Å². The van der Waals surface area contributed by atoms with E-state index in [9.17, 15) is 14.9 Å². The summed E-state index contributed by atoms with van der Waals surface area (Å²) in [5.41, 5.74) is 3.27. The van der Waals surface area contributed by atoms with Crippen LogP contribution >= 0.6 is 0 Å². The second kappa shape index (κ2) is 11.3. The molecule has 35 heavy (non-hydrogen) atoms. The first-order valence-corrected chi connectivity index (χ1v) is 12.4. The number of nitro groups is 1. The Kier molecular flexibility index (Phi) is 7.94. The lowest BCUT2D eigenvalue weighted by molar-refractivity contribution is -0.384. The smallest absolute Gasteiger partial charge is 0.269 e. The quantitative estimate of drug-likeness (QED) is 0.333. The Morgan fingerprint density at radius 3 is 2.51 bits per heavy atom. The number of rotatable bonds is 8. The molecule has 0 atom stereocenters. The summed E-state index contributed by atoms with van der Waals surface area (Å²) in [6.07, 6.45) is 11.7. The minimum absolute atomic E-state index is 0.0352. The lowest BCUT2D eigenvalue weighted by Crippen LogP contribution is -2.33. The Morgan fingerprint density at radius 2 is 1.83 bits per heavy atom. The summed E-state index contributed by atoms with van der Waals surface area (Å²) in [4.78, 5) is 34.2. The zero-order valence-corrected chi connectivity index (χ0v) is 20.5. The van der Waals surface area contributed by atoms with Crippen LogP contribution in [0.3, 0.4) is 0 Å². The zero-order chi connectivity index (χ0) is 24.8. The van der Waals surface area contributed by atoms with E-state index in [4.69, 9.17) is 9.97 Å². The van der Waals surface area contributed by atoms with Crippen LogP contribution in [-0.4, -0.2) is 47.5 Å². The van der Waals surface area contributed by atoms with E-state index in [1.54, 1.807) is 18.2 Å². The molecule has 0 bridgehead atoms. The molecule has 0 saturated heterocycles. The van der Waals surface area contributed by atoms with Crippen molar-refractivity contribution in [1.29, 1.82) is 0 Å². The van der Waals surface area contributed by atoms with Gasteiger partial charge in [-0.15, -0.1) is 0 Å². The Balaban J connectivity index is 1.23. The van der Waals surface area contributed by atoms with Crippen molar-refractivity contribution in [3.63, 3.8) is 0 Å². The van der Waals surface area contributed by atoms with Gasteiger partial charge < -0.3 is 15.5 Å². The number of benzene rings is 1. The van der Waals surface area contributed by atoms with Gasteiger partial charge in [-0.2, -0.15) is 4.98 Å². The predicted molar refractivity (Wildman–Crippen MR) is 138 cm³/mol. The molecule has 186 valence electrons. The first kappa shape index (κ1) is 24.6. The van der Waals surface area contributed by atoms with Crippen molar-refractivity contribution in [3.05, 3.63) is 57.3 Å². The maximum atomic E-state index is 12.2. The van der Waals surface area contributed by atoms with E-state index < -0.39 is 4.92 Å². The Bertz CT molecular complexity index is 1080. The van der Waals surface area contributed by atoms with Crippen LogP contribution in [0.25, 0.3) is 6.08 Å². The van der Waals surface area contributed by atoms with Gasteiger partial charge in [-0.05, 0) is 81.1 Å². The fraction of sp³-hybridized carbons (Fsp3) is 0.500. The lowest BCUT2D eigenvalue weighted by Gasteiger charge is -2.30. The Labute approximate surface area is 206 Å². The number of hydrogen-bond acceptors (Lipinski definition) is 7.